The van der Waals surface area contributed by atoms with Crippen LogP contribution in [0.5, 0.6) is 0 Å². The van der Waals surface area contributed by atoms with E-state index in [1.54, 1.807) is 7.11 Å². The third kappa shape index (κ3) is 35.5. The number of hydrogen-bond donors (Lipinski definition) is 0. The second kappa shape index (κ2) is 35.5. The van der Waals surface area contributed by atoms with Gasteiger partial charge in [0.05, 0.1) is 145 Å². The molecule has 0 spiro atoms. The molecule has 0 N–H and O–H groups in total. The molecule has 0 aromatic rings. The molecule has 12 heteroatoms. The van der Waals surface area contributed by atoms with Crippen molar-refractivity contribution in [2.45, 2.75) is 6.92 Å². The smallest absolute Gasteiger partial charge is 0.0701 e. The molecule has 0 aromatic heterocycles. The van der Waals surface area contributed by atoms with Crippen LogP contribution in [0.15, 0.2) is 0 Å². The summed E-state index contributed by atoms with van der Waals surface area (Å²) in [5.41, 5.74) is 0. The minimum absolute atomic E-state index is 0.521. The maximum absolute atomic E-state index is 5.45. The van der Waals surface area contributed by atoms with E-state index in [2.05, 4.69) is 0 Å². The highest BCUT2D eigenvalue weighted by atomic mass is 16.6. The summed E-state index contributed by atoms with van der Waals surface area (Å²) in [4.78, 5) is 0. The van der Waals surface area contributed by atoms with Crippen LogP contribution in [0.25, 0.3) is 0 Å². The van der Waals surface area contributed by atoms with Gasteiger partial charge in [-0.15, -0.1) is 0 Å². The number of rotatable bonds is 34. The van der Waals surface area contributed by atoms with Crippen LogP contribution < -0.4 is 0 Å². The molecule has 0 aliphatic heterocycles. The van der Waals surface area contributed by atoms with Crippen LogP contribution in [0, 0.1) is 0 Å². The molecular weight excluding hydrogens is 492 g/mol. The lowest BCUT2D eigenvalue weighted by atomic mass is 10.6. The molecule has 224 valence electrons. The average Bonchev–Trinajstić information content (AvgIpc) is 2.91. The summed E-state index contributed by atoms with van der Waals surface area (Å²) in [7, 11) is 1.65. The van der Waals surface area contributed by atoms with Gasteiger partial charge in [0.15, 0.2) is 0 Å². The summed E-state index contributed by atoms with van der Waals surface area (Å²) in [5, 5.41) is 0. The first-order valence-electron chi connectivity index (χ1n) is 13.3. The quantitative estimate of drug-likeness (QED) is 0.107. The van der Waals surface area contributed by atoms with Crippen LogP contribution >= 0.6 is 0 Å². The minimum Gasteiger partial charge on any atom is -0.382 e. The molecule has 0 bridgehead atoms. The molecule has 0 saturated carbocycles. The first-order valence-corrected chi connectivity index (χ1v) is 13.3. The van der Waals surface area contributed by atoms with Crippen molar-refractivity contribution in [2.75, 3.05) is 159 Å². The summed E-state index contributed by atoms with van der Waals surface area (Å²) in [6, 6.07) is 0. The summed E-state index contributed by atoms with van der Waals surface area (Å²) in [5.74, 6) is 0. The van der Waals surface area contributed by atoms with E-state index in [4.69, 9.17) is 56.8 Å². The number of ether oxygens (including phenoxy) is 12. The Balaban J connectivity index is 3.00. The van der Waals surface area contributed by atoms with Gasteiger partial charge in [0.2, 0.25) is 0 Å². The lowest BCUT2D eigenvalue weighted by molar-refractivity contribution is -0.0279. The van der Waals surface area contributed by atoms with Crippen LogP contribution in [0.2, 0.25) is 0 Å². The van der Waals surface area contributed by atoms with Gasteiger partial charge in [-0.25, -0.2) is 0 Å². The summed E-state index contributed by atoms with van der Waals surface area (Å²) >= 11 is 0. The Morgan fingerprint density at radius 3 is 0.568 bits per heavy atom. The van der Waals surface area contributed by atoms with Crippen molar-refractivity contribution in [2.24, 2.45) is 0 Å². The van der Waals surface area contributed by atoms with Crippen molar-refractivity contribution in [1.29, 1.82) is 0 Å². The van der Waals surface area contributed by atoms with Crippen LogP contribution in [-0.4, -0.2) is 159 Å². The Kier molecular flexibility index (Phi) is 35.1. The van der Waals surface area contributed by atoms with E-state index in [1.165, 1.54) is 0 Å². The molecule has 0 fully saturated rings. The van der Waals surface area contributed by atoms with Crippen LogP contribution in [0.4, 0.5) is 0 Å². The second-order valence-electron chi connectivity index (χ2n) is 7.31. The van der Waals surface area contributed by atoms with E-state index in [0.29, 0.717) is 152 Å². The van der Waals surface area contributed by atoms with Gasteiger partial charge in [0.1, 0.15) is 0 Å². The molecule has 0 atom stereocenters. The predicted molar refractivity (Wildman–Crippen MR) is 137 cm³/mol. The molecule has 0 amide bonds. The Morgan fingerprint density at radius 2 is 0.405 bits per heavy atom. The van der Waals surface area contributed by atoms with E-state index in [-0.39, 0.29) is 0 Å². The van der Waals surface area contributed by atoms with Crippen LogP contribution in [0.3, 0.4) is 0 Å². The molecule has 12 nitrogen and oxygen atoms in total. The molecule has 0 aromatic carbocycles. The zero-order valence-corrected chi connectivity index (χ0v) is 23.2. The van der Waals surface area contributed by atoms with E-state index in [9.17, 15) is 0 Å². The topological polar surface area (TPSA) is 111 Å². The number of hydrogen-bond acceptors (Lipinski definition) is 12. The van der Waals surface area contributed by atoms with Gasteiger partial charge in [-0.1, -0.05) is 0 Å². The Morgan fingerprint density at radius 1 is 0.243 bits per heavy atom. The van der Waals surface area contributed by atoms with Gasteiger partial charge in [-0.3, -0.25) is 0 Å². The van der Waals surface area contributed by atoms with Crippen molar-refractivity contribution < 1.29 is 56.8 Å². The normalized spacial score (nSPS) is 11.5. The molecule has 0 radical (unpaired) electrons. The van der Waals surface area contributed by atoms with Crippen molar-refractivity contribution in [1.82, 2.24) is 0 Å². The largest absolute Gasteiger partial charge is 0.382 e. The second-order valence-corrected chi connectivity index (χ2v) is 7.31. The van der Waals surface area contributed by atoms with E-state index < -0.39 is 0 Å². The number of methoxy groups -OCH3 is 1. The molecule has 0 rings (SSSR count). The fourth-order valence-electron chi connectivity index (χ4n) is 2.49. The van der Waals surface area contributed by atoms with E-state index >= 15 is 0 Å². The van der Waals surface area contributed by atoms with Gasteiger partial charge >= 0.3 is 0 Å². The summed E-state index contributed by atoms with van der Waals surface area (Å²) in [6.07, 6.45) is 0. The van der Waals surface area contributed by atoms with E-state index in [1.807, 2.05) is 6.92 Å². The maximum atomic E-state index is 5.45. The first kappa shape index (κ1) is 36.5. The molecule has 0 heterocycles. The molecule has 0 aliphatic carbocycles. The third-order valence-corrected chi connectivity index (χ3v) is 4.36. The van der Waals surface area contributed by atoms with Crippen molar-refractivity contribution >= 4 is 0 Å². The standard InChI is InChI=1S/C25H52O12/c1-3-27-6-7-29-10-11-31-14-15-33-18-19-35-22-23-37-25-24-36-21-20-34-17-16-32-13-12-30-9-8-28-5-4-26-2/h3-25H2,1-2H3. The summed E-state index contributed by atoms with van der Waals surface area (Å²) < 4.78 is 64.2. The molecule has 37 heavy (non-hydrogen) atoms. The zero-order chi connectivity index (χ0) is 26.7. The monoisotopic (exact) mass is 544 g/mol. The summed E-state index contributed by atoms with van der Waals surface area (Å²) in [6.45, 7) is 14.7. The van der Waals surface area contributed by atoms with Crippen molar-refractivity contribution in [3.8, 4) is 0 Å². The third-order valence-electron chi connectivity index (χ3n) is 4.36. The van der Waals surface area contributed by atoms with Crippen molar-refractivity contribution in [3.05, 3.63) is 0 Å². The lowest BCUT2D eigenvalue weighted by Crippen LogP contribution is -2.15. The van der Waals surface area contributed by atoms with Gasteiger partial charge in [-0.2, -0.15) is 0 Å². The minimum atomic E-state index is 0.521. The highest BCUT2D eigenvalue weighted by Crippen LogP contribution is 1.87. The fourth-order valence-corrected chi connectivity index (χ4v) is 2.49. The van der Waals surface area contributed by atoms with Crippen LogP contribution in [-0.2, 0) is 56.8 Å². The lowest BCUT2D eigenvalue weighted by Gasteiger charge is -2.09. The van der Waals surface area contributed by atoms with Gasteiger partial charge in [-0.05, 0) is 6.92 Å². The van der Waals surface area contributed by atoms with E-state index in [0.717, 1.165) is 0 Å². The fraction of sp³-hybridized carbons (Fsp3) is 1.00. The van der Waals surface area contributed by atoms with Gasteiger partial charge < -0.3 is 56.8 Å². The van der Waals surface area contributed by atoms with Gasteiger partial charge in [0.25, 0.3) is 0 Å². The van der Waals surface area contributed by atoms with Crippen molar-refractivity contribution in [3.63, 3.8) is 0 Å². The zero-order valence-electron chi connectivity index (χ0n) is 23.2. The molecule has 0 saturated heterocycles. The molecule has 0 aliphatic rings. The first-order chi connectivity index (χ1) is 18.4. The molecular formula is C25H52O12. The Hall–Kier alpha value is -0.480. The predicted octanol–water partition coefficient (Wildman–Crippen LogP) is 0.835. The van der Waals surface area contributed by atoms with Gasteiger partial charge in [0, 0.05) is 13.7 Å². The average molecular weight is 545 g/mol. The Bertz CT molecular complexity index is 359. The highest BCUT2D eigenvalue weighted by molar-refractivity contribution is 4.38. The highest BCUT2D eigenvalue weighted by Gasteiger charge is 1.96. The van der Waals surface area contributed by atoms with Crippen LogP contribution in [0.1, 0.15) is 6.92 Å². The Labute approximate surface area is 223 Å². The SMILES string of the molecule is CCOCCOCCOCCOCCOCCOCCOCCOCCOCCOCCOCCOC. The molecule has 0 unspecified atom stereocenters. The maximum Gasteiger partial charge on any atom is 0.0701 e.